The number of alkyl halides is 1. The van der Waals surface area contributed by atoms with Gasteiger partial charge in [0.25, 0.3) is 0 Å². The molecule has 1 amide bonds. The Hall–Kier alpha value is -3.90. The molecule has 0 saturated carbocycles. The molecular formula is C32H33ClF2N8O2. The van der Waals surface area contributed by atoms with Crippen LogP contribution in [0.3, 0.4) is 0 Å². The Kier molecular flexibility index (Phi) is 6.72. The first-order valence-corrected chi connectivity index (χ1v) is 15.8. The van der Waals surface area contributed by atoms with E-state index in [0.29, 0.717) is 64.3 Å². The van der Waals surface area contributed by atoms with Gasteiger partial charge in [-0.2, -0.15) is 15.1 Å². The first kappa shape index (κ1) is 28.6. The number of amides is 1. The fraction of sp³-hybridized carbons (Fsp3) is 0.469. The van der Waals surface area contributed by atoms with Crippen molar-refractivity contribution in [2.75, 3.05) is 37.7 Å². The van der Waals surface area contributed by atoms with Crippen molar-refractivity contribution in [1.82, 2.24) is 34.9 Å². The van der Waals surface area contributed by atoms with Crippen LogP contribution >= 0.6 is 11.6 Å². The lowest BCUT2D eigenvalue weighted by Gasteiger charge is -2.41. The quantitative estimate of drug-likeness (QED) is 0.296. The number of carbonyl (C=O) groups excluding carboxylic acids is 1. The summed E-state index contributed by atoms with van der Waals surface area (Å²) in [6.45, 7) is 7.99. The van der Waals surface area contributed by atoms with E-state index in [1.165, 1.54) is 6.08 Å². The Balaban J connectivity index is 1.24. The number of nitrogens with zero attached hydrogens (tertiary/aromatic N) is 7. The van der Waals surface area contributed by atoms with Crippen molar-refractivity contribution in [3.63, 3.8) is 0 Å². The van der Waals surface area contributed by atoms with Crippen LogP contribution in [0.1, 0.15) is 37.7 Å². The maximum atomic E-state index is 16.8. The zero-order chi connectivity index (χ0) is 31.0. The molecule has 10 nitrogen and oxygen atoms in total. The van der Waals surface area contributed by atoms with Gasteiger partial charge in [0.2, 0.25) is 5.91 Å². The van der Waals surface area contributed by atoms with Gasteiger partial charge < -0.3 is 14.5 Å². The highest BCUT2D eigenvalue weighted by atomic mass is 35.5. The number of pyridine rings is 1. The molecule has 234 valence electrons. The lowest BCUT2D eigenvalue weighted by molar-refractivity contribution is -0.129. The lowest BCUT2D eigenvalue weighted by atomic mass is 9.95. The SMILES string of the molecule is C=CC(=O)N1[C@@H]2CC[C@H]1CN(c1nc(OC[C@@]34CCCN3C[C@H](F)C4)nc3c(F)c(-c4c(C)c(Cl)cc5[nH]ncc45)ncc13)C2. The minimum atomic E-state index is -0.904. The zero-order valence-corrected chi connectivity index (χ0v) is 25.7. The Morgan fingerprint density at radius 2 is 2.02 bits per heavy atom. The zero-order valence-electron chi connectivity index (χ0n) is 24.9. The van der Waals surface area contributed by atoms with Gasteiger partial charge in [0.1, 0.15) is 29.8 Å². The van der Waals surface area contributed by atoms with E-state index < -0.39 is 17.5 Å². The second kappa shape index (κ2) is 10.6. The topological polar surface area (TPSA) is 103 Å². The van der Waals surface area contributed by atoms with Crippen LogP contribution in [0.15, 0.2) is 31.1 Å². The van der Waals surface area contributed by atoms with Gasteiger partial charge in [-0.3, -0.25) is 19.8 Å². The Labute approximate surface area is 263 Å². The summed E-state index contributed by atoms with van der Waals surface area (Å²) in [7, 11) is 0. The summed E-state index contributed by atoms with van der Waals surface area (Å²) in [4.78, 5) is 32.9. The van der Waals surface area contributed by atoms with Crippen molar-refractivity contribution < 1.29 is 18.3 Å². The fourth-order valence-electron chi connectivity index (χ4n) is 8.16. The summed E-state index contributed by atoms with van der Waals surface area (Å²) in [5.41, 5.74) is 1.62. The van der Waals surface area contributed by atoms with Gasteiger partial charge in [0.15, 0.2) is 5.82 Å². The molecule has 0 spiro atoms. The number of hydrogen-bond donors (Lipinski definition) is 1. The van der Waals surface area contributed by atoms with E-state index >= 15 is 4.39 Å². The molecule has 4 atom stereocenters. The minimum absolute atomic E-state index is 0.0184. The molecule has 1 aromatic carbocycles. The monoisotopic (exact) mass is 634 g/mol. The predicted octanol–water partition coefficient (Wildman–Crippen LogP) is 4.99. The number of ether oxygens (including phenoxy) is 1. The van der Waals surface area contributed by atoms with Crippen molar-refractivity contribution in [3.8, 4) is 17.3 Å². The third-order valence-corrected chi connectivity index (χ3v) is 10.7. The Morgan fingerprint density at radius 3 is 2.80 bits per heavy atom. The number of H-pyrrole nitrogens is 1. The lowest BCUT2D eigenvalue weighted by Crippen LogP contribution is -2.55. The highest BCUT2D eigenvalue weighted by Crippen LogP contribution is 2.42. The highest BCUT2D eigenvalue weighted by molar-refractivity contribution is 6.32. The summed E-state index contributed by atoms with van der Waals surface area (Å²) in [5.74, 6) is -0.202. The van der Waals surface area contributed by atoms with Crippen LogP contribution < -0.4 is 9.64 Å². The van der Waals surface area contributed by atoms with Crippen molar-refractivity contribution in [1.29, 1.82) is 0 Å². The number of piperazine rings is 1. The van der Waals surface area contributed by atoms with Gasteiger partial charge in [-0.15, -0.1) is 0 Å². The summed E-state index contributed by atoms with van der Waals surface area (Å²) >= 11 is 6.54. The van der Waals surface area contributed by atoms with Crippen molar-refractivity contribution in [2.45, 2.75) is 62.8 Å². The van der Waals surface area contributed by atoms with Gasteiger partial charge in [-0.05, 0) is 56.9 Å². The molecule has 7 heterocycles. The average molecular weight is 635 g/mol. The van der Waals surface area contributed by atoms with Crippen molar-refractivity contribution in [3.05, 3.63) is 47.5 Å². The maximum absolute atomic E-state index is 16.8. The van der Waals surface area contributed by atoms with E-state index in [4.69, 9.17) is 21.3 Å². The number of rotatable bonds is 6. The summed E-state index contributed by atoms with van der Waals surface area (Å²) in [6.07, 6.45) is 7.61. The summed E-state index contributed by atoms with van der Waals surface area (Å²) < 4.78 is 37.6. The molecule has 4 aliphatic heterocycles. The standard InChI is InChI=1S/C32H33ClF2N8O2/c1-3-25(44)43-19-5-6-20(43)15-41(14-19)30-22-11-36-29(26-17(2)23(33)9-24-21(26)12-37-40-24)27(35)28(22)38-31(39-30)45-16-32-7-4-8-42(32)13-18(34)10-32/h3,9,11-12,18-20H,1,4-8,10,13-16H2,2H3,(H,37,40)/t18-,19-,20+,32+/m1/s1. The van der Waals surface area contributed by atoms with Gasteiger partial charge >= 0.3 is 6.01 Å². The normalized spacial score (nSPS) is 26.3. The summed E-state index contributed by atoms with van der Waals surface area (Å²) in [6, 6.07) is 1.76. The molecule has 0 aliphatic carbocycles. The van der Waals surface area contributed by atoms with E-state index in [0.717, 1.165) is 32.2 Å². The highest BCUT2D eigenvalue weighted by Gasteiger charge is 2.49. The maximum Gasteiger partial charge on any atom is 0.319 e. The Morgan fingerprint density at radius 1 is 1.22 bits per heavy atom. The molecule has 2 bridgehead atoms. The molecule has 45 heavy (non-hydrogen) atoms. The van der Waals surface area contributed by atoms with E-state index in [-0.39, 0.29) is 41.8 Å². The van der Waals surface area contributed by atoms with E-state index in [2.05, 4.69) is 36.5 Å². The molecule has 4 aliphatic rings. The third-order valence-electron chi connectivity index (χ3n) is 10.3. The first-order chi connectivity index (χ1) is 21.8. The second-order valence-electron chi connectivity index (χ2n) is 12.8. The molecule has 0 unspecified atom stereocenters. The molecule has 4 fully saturated rings. The van der Waals surface area contributed by atoms with Crippen LogP contribution in [0, 0.1) is 12.7 Å². The largest absolute Gasteiger partial charge is 0.461 e. The number of fused-ring (bicyclic) bond motifs is 5. The number of carbonyl (C=O) groups is 1. The van der Waals surface area contributed by atoms with E-state index in [1.54, 1.807) is 18.5 Å². The number of nitrogens with one attached hydrogen (secondary N) is 1. The number of anilines is 1. The number of benzene rings is 1. The molecule has 0 radical (unpaired) electrons. The van der Waals surface area contributed by atoms with Crippen LogP contribution in [0.2, 0.25) is 5.02 Å². The van der Waals surface area contributed by atoms with Gasteiger partial charge in [0, 0.05) is 60.3 Å². The molecule has 4 aromatic rings. The number of hydrogen-bond acceptors (Lipinski definition) is 8. The fourth-order valence-corrected chi connectivity index (χ4v) is 8.36. The third kappa shape index (κ3) is 4.47. The van der Waals surface area contributed by atoms with Crippen LogP contribution in [0.5, 0.6) is 6.01 Å². The first-order valence-electron chi connectivity index (χ1n) is 15.5. The molecule has 8 rings (SSSR count). The van der Waals surface area contributed by atoms with Crippen LogP contribution in [-0.2, 0) is 4.79 Å². The minimum Gasteiger partial charge on any atom is -0.461 e. The Bertz CT molecular complexity index is 1850. The molecular weight excluding hydrogens is 602 g/mol. The van der Waals surface area contributed by atoms with Gasteiger partial charge in [-0.1, -0.05) is 18.2 Å². The predicted molar refractivity (Wildman–Crippen MR) is 167 cm³/mol. The van der Waals surface area contributed by atoms with Crippen LogP contribution in [0.25, 0.3) is 33.1 Å². The van der Waals surface area contributed by atoms with E-state index in [9.17, 15) is 9.18 Å². The van der Waals surface area contributed by atoms with Crippen molar-refractivity contribution >= 4 is 45.1 Å². The van der Waals surface area contributed by atoms with Gasteiger partial charge in [0.05, 0.1) is 22.6 Å². The molecule has 1 N–H and O–H groups in total. The van der Waals surface area contributed by atoms with Gasteiger partial charge in [-0.25, -0.2) is 8.78 Å². The molecule has 13 heteroatoms. The number of aromatic nitrogens is 5. The molecule has 3 aromatic heterocycles. The van der Waals surface area contributed by atoms with Crippen molar-refractivity contribution in [2.24, 2.45) is 0 Å². The van der Waals surface area contributed by atoms with E-state index in [1.807, 2.05) is 11.8 Å². The smallest absolute Gasteiger partial charge is 0.319 e. The summed E-state index contributed by atoms with van der Waals surface area (Å²) in [5, 5.41) is 8.64. The van der Waals surface area contributed by atoms with Crippen LogP contribution in [0.4, 0.5) is 14.6 Å². The average Bonchev–Trinajstić information content (AvgIpc) is 3.78. The molecule has 4 saturated heterocycles. The number of aromatic amines is 1. The number of halogens is 3. The van der Waals surface area contributed by atoms with Crippen LogP contribution in [-0.4, -0.2) is 97.4 Å². The second-order valence-corrected chi connectivity index (χ2v) is 13.2.